The van der Waals surface area contributed by atoms with Crippen LogP contribution in [0.1, 0.15) is 24.8 Å². The van der Waals surface area contributed by atoms with E-state index in [1.807, 2.05) is 19.0 Å². The van der Waals surface area contributed by atoms with Gasteiger partial charge in [0, 0.05) is 17.0 Å². The molecule has 1 aliphatic heterocycles. The quantitative estimate of drug-likeness (QED) is 0.840. The smallest absolute Gasteiger partial charge is 0.376 e. The third kappa shape index (κ3) is 2.75. The van der Waals surface area contributed by atoms with Gasteiger partial charge in [-0.15, -0.1) is 0 Å². The first-order valence-electron chi connectivity index (χ1n) is 7.87. The summed E-state index contributed by atoms with van der Waals surface area (Å²) in [6.45, 7) is 3.98. The lowest BCUT2D eigenvalue weighted by molar-refractivity contribution is 0.189. The SMILES string of the molecule is CB(O)N1CCC([C@@]2(c3ccc(Cl)cc3)C[C@@H]2CO)CC1. The fraction of sp³-hybridized carbons (Fsp3) is 0.625. The van der Waals surface area contributed by atoms with Gasteiger partial charge in [-0.05, 0) is 68.7 Å². The Labute approximate surface area is 132 Å². The van der Waals surface area contributed by atoms with Crippen molar-refractivity contribution in [3.8, 4) is 0 Å². The van der Waals surface area contributed by atoms with Gasteiger partial charge < -0.3 is 14.9 Å². The van der Waals surface area contributed by atoms with E-state index in [1.165, 1.54) is 5.56 Å². The minimum absolute atomic E-state index is 0.129. The van der Waals surface area contributed by atoms with E-state index in [9.17, 15) is 10.1 Å². The average molecular weight is 308 g/mol. The number of rotatable bonds is 4. The van der Waals surface area contributed by atoms with Crippen LogP contribution in [0.2, 0.25) is 11.8 Å². The highest BCUT2D eigenvalue weighted by atomic mass is 35.5. The van der Waals surface area contributed by atoms with E-state index in [-0.39, 0.29) is 19.1 Å². The average Bonchev–Trinajstić information content (AvgIpc) is 3.24. The largest absolute Gasteiger partial charge is 0.437 e. The summed E-state index contributed by atoms with van der Waals surface area (Å²) in [5.41, 5.74) is 1.45. The Balaban J connectivity index is 1.78. The fourth-order valence-electron chi connectivity index (χ4n) is 4.21. The van der Waals surface area contributed by atoms with Crippen molar-refractivity contribution in [1.29, 1.82) is 0 Å². The number of hydrogen-bond acceptors (Lipinski definition) is 3. The molecule has 1 saturated carbocycles. The Bertz CT molecular complexity index is 488. The summed E-state index contributed by atoms with van der Waals surface area (Å²) in [6.07, 6.45) is 3.25. The number of piperidine rings is 1. The van der Waals surface area contributed by atoms with Crippen LogP contribution < -0.4 is 0 Å². The van der Waals surface area contributed by atoms with Crippen molar-refractivity contribution in [1.82, 2.24) is 4.81 Å². The molecule has 0 amide bonds. The highest BCUT2D eigenvalue weighted by Crippen LogP contribution is 2.61. The third-order valence-corrected chi connectivity index (χ3v) is 5.79. The molecule has 3 nitrogen and oxygen atoms in total. The molecule has 0 spiro atoms. The monoisotopic (exact) mass is 307 g/mol. The maximum atomic E-state index is 9.70. The summed E-state index contributed by atoms with van der Waals surface area (Å²) in [4.78, 5) is 2.13. The van der Waals surface area contributed by atoms with Gasteiger partial charge in [0.25, 0.3) is 0 Å². The Morgan fingerprint density at radius 3 is 2.38 bits per heavy atom. The maximum Gasteiger partial charge on any atom is 0.376 e. The molecule has 1 aromatic carbocycles. The van der Waals surface area contributed by atoms with Gasteiger partial charge >= 0.3 is 7.05 Å². The van der Waals surface area contributed by atoms with Crippen LogP contribution in [0, 0.1) is 11.8 Å². The first kappa shape index (κ1) is 15.4. The lowest BCUT2D eigenvalue weighted by Crippen LogP contribution is -2.45. The fourth-order valence-corrected chi connectivity index (χ4v) is 4.34. The van der Waals surface area contributed by atoms with Crippen LogP contribution in [-0.2, 0) is 5.41 Å². The Morgan fingerprint density at radius 1 is 1.29 bits per heavy atom. The third-order valence-electron chi connectivity index (χ3n) is 5.54. The molecule has 5 heteroatoms. The Kier molecular flexibility index (Phi) is 4.33. The summed E-state index contributed by atoms with van der Waals surface area (Å²) in [6, 6.07) is 8.16. The summed E-state index contributed by atoms with van der Waals surface area (Å²) in [5.74, 6) is 0.965. The van der Waals surface area contributed by atoms with Crippen molar-refractivity contribution in [2.45, 2.75) is 31.5 Å². The molecule has 0 aromatic heterocycles. The molecule has 3 rings (SSSR count). The van der Waals surface area contributed by atoms with E-state index in [2.05, 4.69) is 16.9 Å². The molecule has 0 radical (unpaired) electrons. The van der Waals surface area contributed by atoms with E-state index in [0.29, 0.717) is 11.8 Å². The van der Waals surface area contributed by atoms with Gasteiger partial charge in [0.1, 0.15) is 0 Å². The van der Waals surface area contributed by atoms with E-state index >= 15 is 0 Å². The minimum atomic E-state index is -0.356. The van der Waals surface area contributed by atoms with E-state index in [1.54, 1.807) is 0 Å². The highest BCUT2D eigenvalue weighted by molar-refractivity contribution is 6.45. The van der Waals surface area contributed by atoms with Gasteiger partial charge in [-0.3, -0.25) is 0 Å². The van der Waals surface area contributed by atoms with Crippen molar-refractivity contribution in [3.05, 3.63) is 34.9 Å². The summed E-state index contributed by atoms with van der Waals surface area (Å²) < 4.78 is 0. The summed E-state index contributed by atoms with van der Waals surface area (Å²) >= 11 is 6.01. The molecule has 114 valence electrons. The van der Waals surface area contributed by atoms with Gasteiger partial charge in [-0.25, -0.2) is 0 Å². The van der Waals surface area contributed by atoms with Gasteiger partial charge in [-0.2, -0.15) is 0 Å². The second-order valence-electron chi connectivity index (χ2n) is 6.57. The predicted octanol–water partition coefficient (Wildman–Crippen LogP) is 2.41. The first-order chi connectivity index (χ1) is 10.1. The lowest BCUT2D eigenvalue weighted by Gasteiger charge is -2.38. The molecule has 2 fully saturated rings. The molecule has 0 unspecified atom stereocenters. The second kappa shape index (κ2) is 5.92. The van der Waals surface area contributed by atoms with Crippen LogP contribution >= 0.6 is 11.6 Å². The number of nitrogens with zero attached hydrogens (tertiary/aromatic N) is 1. The first-order valence-corrected chi connectivity index (χ1v) is 8.24. The van der Waals surface area contributed by atoms with Crippen LogP contribution in [0.4, 0.5) is 0 Å². The molecule has 1 aliphatic carbocycles. The van der Waals surface area contributed by atoms with Crippen LogP contribution in [-0.4, -0.2) is 41.7 Å². The van der Waals surface area contributed by atoms with Gasteiger partial charge in [0.2, 0.25) is 0 Å². The molecule has 1 aromatic rings. The van der Waals surface area contributed by atoms with Crippen molar-refractivity contribution in [3.63, 3.8) is 0 Å². The van der Waals surface area contributed by atoms with Crippen LogP contribution in [0.3, 0.4) is 0 Å². The van der Waals surface area contributed by atoms with E-state index in [0.717, 1.165) is 37.4 Å². The molecule has 0 bridgehead atoms. The van der Waals surface area contributed by atoms with Crippen molar-refractivity contribution >= 4 is 18.7 Å². The van der Waals surface area contributed by atoms with Crippen molar-refractivity contribution in [2.24, 2.45) is 11.8 Å². The molecule has 2 atom stereocenters. The number of hydrogen-bond donors (Lipinski definition) is 2. The highest BCUT2D eigenvalue weighted by Gasteiger charge is 2.59. The molecular weight excluding hydrogens is 284 g/mol. The van der Waals surface area contributed by atoms with Gasteiger partial charge in [-0.1, -0.05) is 23.7 Å². The number of benzene rings is 1. The molecule has 1 heterocycles. The zero-order valence-electron chi connectivity index (χ0n) is 12.5. The standard InChI is InChI=1S/C16H23BClNO2/c1-17(21)19-8-6-13(7-9-19)16(10-14(16)11-20)12-2-4-15(18)5-3-12/h2-5,13-14,20-21H,6-11H2,1H3/t14-,16+/m1/s1. The predicted molar refractivity (Wildman–Crippen MR) is 86.5 cm³/mol. The molecular formula is C16H23BClNO2. The molecule has 1 saturated heterocycles. The molecule has 2 N–H and O–H groups in total. The van der Waals surface area contributed by atoms with Crippen LogP contribution in [0.15, 0.2) is 24.3 Å². The zero-order valence-corrected chi connectivity index (χ0v) is 13.3. The number of halogens is 1. The van der Waals surface area contributed by atoms with E-state index in [4.69, 9.17) is 11.6 Å². The number of aliphatic hydroxyl groups excluding tert-OH is 1. The van der Waals surface area contributed by atoms with Crippen molar-refractivity contribution < 1.29 is 10.1 Å². The van der Waals surface area contributed by atoms with Crippen LogP contribution in [0.5, 0.6) is 0 Å². The maximum absolute atomic E-state index is 9.70. The summed E-state index contributed by atoms with van der Waals surface area (Å²) in [7, 11) is -0.356. The minimum Gasteiger partial charge on any atom is -0.437 e. The Hall–Kier alpha value is -0.545. The van der Waals surface area contributed by atoms with Crippen LogP contribution in [0.25, 0.3) is 0 Å². The molecule has 2 aliphatic rings. The Morgan fingerprint density at radius 2 is 1.90 bits per heavy atom. The topological polar surface area (TPSA) is 43.7 Å². The number of aliphatic hydroxyl groups is 1. The van der Waals surface area contributed by atoms with Crippen molar-refractivity contribution in [2.75, 3.05) is 19.7 Å². The second-order valence-corrected chi connectivity index (χ2v) is 7.01. The zero-order chi connectivity index (χ0) is 15.0. The van der Waals surface area contributed by atoms with Gasteiger partial charge in [0.05, 0.1) is 0 Å². The summed E-state index contributed by atoms with van der Waals surface area (Å²) in [5, 5.41) is 20.1. The normalized spacial score (nSPS) is 30.4. The lowest BCUT2D eigenvalue weighted by atomic mass is 9.73. The van der Waals surface area contributed by atoms with E-state index < -0.39 is 0 Å². The molecule has 21 heavy (non-hydrogen) atoms. The van der Waals surface area contributed by atoms with Gasteiger partial charge in [0.15, 0.2) is 0 Å².